The minimum atomic E-state index is -0.852. The normalized spacial score (nSPS) is 24.3. The van der Waals surface area contributed by atoms with E-state index in [4.69, 9.17) is 14.2 Å². The van der Waals surface area contributed by atoms with E-state index in [1.54, 1.807) is 6.92 Å². The summed E-state index contributed by atoms with van der Waals surface area (Å²) in [6, 6.07) is 2.19. The maximum absolute atomic E-state index is 9.18. The van der Waals surface area contributed by atoms with Crippen LogP contribution >= 0.6 is 0 Å². The maximum Gasteiger partial charge on any atom is 0.188 e. The van der Waals surface area contributed by atoms with E-state index in [9.17, 15) is 5.26 Å². The van der Waals surface area contributed by atoms with Gasteiger partial charge in [-0.25, -0.2) is 0 Å². The summed E-state index contributed by atoms with van der Waals surface area (Å²) < 4.78 is 15.7. The number of hydrogen-bond acceptors (Lipinski definition) is 5. The molecule has 1 aliphatic heterocycles. The van der Waals surface area contributed by atoms with Crippen molar-refractivity contribution in [1.29, 1.82) is 5.26 Å². The Balaban J connectivity index is 2.48. The van der Waals surface area contributed by atoms with Gasteiger partial charge < -0.3 is 14.2 Å². The van der Waals surface area contributed by atoms with Crippen LogP contribution in [-0.2, 0) is 14.2 Å². The Hall–Kier alpha value is -0.670. The number of hydrogen-bond donors (Lipinski definition) is 1. The molecule has 0 aromatic carbocycles. The summed E-state index contributed by atoms with van der Waals surface area (Å²) in [7, 11) is 3.05. The molecule has 0 amide bonds. The van der Waals surface area contributed by atoms with Crippen molar-refractivity contribution in [3.8, 4) is 6.07 Å². The third-order valence-corrected chi connectivity index (χ3v) is 2.85. The first-order valence-corrected chi connectivity index (χ1v) is 5.49. The number of methoxy groups -OCH3 is 2. The fourth-order valence-corrected chi connectivity index (χ4v) is 1.87. The first-order valence-electron chi connectivity index (χ1n) is 5.49. The van der Waals surface area contributed by atoms with Crippen molar-refractivity contribution in [2.45, 2.75) is 37.7 Å². The first-order chi connectivity index (χ1) is 7.66. The van der Waals surface area contributed by atoms with Gasteiger partial charge in [0, 0.05) is 27.4 Å². The molecule has 2 atom stereocenters. The predicted molar refractivity (Wildman–Crippen MR) is 58.8 cm³/mol. The summed E-state index contributed by atoms with van der Waals surface area (Å²) in [5.41, 5.74) is -0.852. The molecule has 0 bridgehead atoms. The van der Waals surface area contributed by atoms with Crippen molar-refractivity contribution in [3.63, 3.8) is 0 Å². The Morgan fingerprint density at radius 3 is 2.69 bits per heavy atom. The van der Waals surface area contributed by atoms with Crippen LogP contribution in [-0.4, -0.2) is 45.3 Å². The summed E-state index contributed by atoms with van der Waals surface area (Å²) in [5, 5.41) is 12.3. The Morgan fingerprint density at radius 2 is 2.25 bits per heavy atom. The molecule has 2 unspecified atom stereocenters. The van der Waals surface area contributed by atoms with Gasteiger partial charge in [-0.15, -0.1) is 0 Å². The monoisotopic (exact) mass is 228 g/mol. The quantitative estimate of drug-likeness (QED) is 0.676. The van der Waals surface area contributed by atoms with E-state index in [0.717, 1.165) is 19.4 Å². The predicted octanol–water partition coefficient (Wildman–Crippen LogP) is 0.656. The van der Waals surface area contributed by atoms with Crippen LogP contribution in [0.5, 0.6) is 0 Å². The lowest BCUT2D eigenvalue weighted by atomic mass is 10.0. The van der Waals surface area contributed by atoms with Gasteiger partial charge in [0.2, 0.25) is 0 Å². The van der Waals surface area contributed by atoms with E-state index in [1.165, 1.54) is 14.2 Å². The minimum absolute atomic E-state index is 0.196. The average molecular weight is 228 g/mol. The molecular formula is C11H20N2O3. The van der Waals surface area contributed by atoms with Gasteiger partial charge in [-0.05, 0) is 19.8 Å². The average Bonchev–Trinajstić information content (AvgIpc) is 2.81. The van der Waals surface area contributed by atoms with Crippen molar-refractivity contribution < 1.29 is 14.2 Å². The van der Waals surface area contributed by atoms with Crippen LogP contribution in [0.1, 0.15) is 19.8 Å². The molecule has 0 radical (unpaired) electrons. The van der Waals surface area contributed by atoms with Gasteiger partial charge in [-0.2, -0.15) is 5.26 Å². The van der Waals surface area contributed by atoms with Crippen molar-refractivity contribution >= 4 is 0 Å². The fraction of sp³-hybridized carbons (Fsp3) is 0.909. The number of nitrogens with one attached hydrogen (secondary N) is 1. The van der Waals surface area contributed by atoms with E-state index in [2.05, 4.69) is 11.4 Å². The van der Waals surface area contributed by atoms with Gasteiger partial charge in [0.05, 0.1) is 12.2 Å². The molecule has 92 valence electrons. The summed E-state index contributed by atoms with van der Waals surface area (Å²) in [6.07, 6.45) is 1.74. The molecule has 5 heteroatoms. The van der Waals surface area contributed by atoms with E-state index < -0.39 is 11.8 Å². The van der Waals surface area contributed by atoms with Crippen LogP contribution in [0, 0.1) is 11.3 Å². The summed E-state index contributed by atoms with van der Waals surface area (Å²) >= 11 is 0. The fourth-order valence-electron chi connectivity index (χ4n) is 1.87. The molecule has 5 nitrogen and oxygen atoms in total. The van der Waals surface area contributed by atoms with Crippen LogP contribution in [0.15, 0.2) is 0 Å². The molecule has 1 N–H and O–H groups in total. The van der Waals surface area contributed by atoms with Crippen LogP contribution in [0.3, 0.4) is 0 Å². The Kier molecular flexibility index (Phi) is 5.16. The van der Waals surface area contributed by atoms with Crippen molar-refractivity contribution in [2.75, 3.05) is 27.4 Å². The summed E-state index contributed by atoms with van der Waals surface area (Å²) in [5.74, 6) is 0. The van der Waals surface area contributed by atoms with Gasteiger partial charge in [-0.3, -0.25) is 5.32 Å². The lowest BCUT2D eigenvalue weighted by molar-refractivity contribution is -0.138. The summed E-state index contributed by atoms with van der Waals surface area (Å²) in [6.45, 7) is 3.22. The third-order valence-electron chi connectivity index (χ3n) is 2.85. The molecular weight excluding hydrogens is 208 g/mol. The molecule has 1 aliphatic rings. The van der Waals surface area contributed by atoms with Crippen LogP contribution < -0.4 is 5.32 Å². The lowest BCUT2D eigenvalue weighted by Gasteiger charge is -2.31. The Labute approximate surface area is 96.7 Å². The highest BCUT2D eigenvalue weighted by molar-refractivity contribution is 5.07. The molecule has 0 spiro atoms. The standard InChI is InChI=1S/C11H20N2O3/c1-11(8-12,10(14-2)15-3)13-7-9-5-4-6-16-9/h9-10,13H,4-7H2,1-3H3. The second-order valence-corrected chi connectivity index (χ2v) is 4.13. The molecule has 1 heterocycles. The van der Waals surface area contributed by atoms with Gasteiger partial charge in [0.15, 0.2) is 11.8 Å². The number of nitriles is 1. The molecule has 0 aromatic heterocycles. The number of ether oxygens (including phenoxy) is 3. The SMILES string of the molecule is COC(OC)C(C)(C#N)NCC1CCCO1. The maximum atomic E-state index is 9.18. The second kappa shape index (κ2) is 6.16. The van der Waals surface area contributed by atoms with E-state index in [0.29, 0.717) is 6.54 Å². The molecule has 1 rings (SSSR count). The van der Waals surface area contributed by atoms with E-state index >= 15 is 0 Å². The first kappa shape index (κ1) is 13.4. The van der Waals surface area contributed by atoms with Gasteiger partial charge in [0.1, 0.15) is 0 Å². The van der Waals surface area contributed by atoms with Crippen LogP contribution in [0.2, 0.25) is 0 Å². The second-order valence-electron chi connectivity index (χ2n) is 4.13. The van der Waals surface area contributed by atoms with Gasteiger partial charge in [-0.1, -0.05) is 0 Å². The zero-order valence-electron chi connectivity index (χ0n) is 10.2. The highest BCUT2D eigenvalue weighted by Gasteiger charge is 2.35. The van der Waals surface area contributed by atoms with Crippen LogP contribution in [0.25, 0.3) is 0 Å². The topological polar surface area (TPSA) is 63.5 Å². The van der Waals surface area contributed by atoms with E-state index in [-0.39, 0.29) is 6.10 Å². The van der Waals surface area contributed by atoms with Gasteiger partial charge in [0.25, 0.3) is 0 Å². The van der Waals surface area contributed by atoms with Gasteiger partial charge >= 0.3 is 0 Å². The minimum Gasteiger partial charge on any atom is -0.377 e. The highest BCUT2D eigenvalue weighted by atomic mass is 16.7. The molecule has 0 aliphatic carbocycles. The van der Waals surface area contributed by atoms with Crippen LogP contribution in [0.4, 0.5) is 0 Å². The molecule has 0 saturated carbocycles. The molecule has 1 saturated heterocycles. The van der Waals surface area contributed by atoms with Crippen molar-refractivity contribution in [2.24, 2.45) is 0 Å². The zero-order chi connectivity index (χ0) is 12.0. The largest absolute Gasteiger partial charge is 0.377 e. The lowest BCUT2D eigenvalue weighted by Crippen LogP contribution is -2.54. The highest BCUT2D eigenvalue weighted by Crippen LogP contribution is 2.16. The number of nitrogens with zero attached hydrogens (tertiary/aromatic N) is 1. The van der Waals surface area contributed by atoms with E-state index in [1.807, 2.05) is 0 Å². The van der Waals surface area contributed by atoms with Crippen molar-refractivity contribution in [1.82, 2.24) is 5.32 Å². The smallest absolute Gasteiger partial charge is 0.188 e. The Morgan fingerprint density at radius 1 is 1.56 bits per heavy atom. The van der Waals surface area contributed by atoms with Crippen molar-refractivity contribution in [3.05, 3.63) is 0 Å². The zero-order valence-corrected chi connectivity index (χ0v) is 10.2. The molecule has 16 heavy (non-hydrogen) atoms. The Bertz CT molecular complexity index is 244. The summed E-state index contributed by atoms with van der Waals surface area (Å²) in [4.78, 5) is 0. The number of rotatable bonds is 6. The third kappa shape index (κ3) is 3.16. The molecule has 1 fully saturated rings. The molecule has 0 aromatic rings.